The van der Waals surface area contributed by atoms with Crippen LogP contribution in [0.2, 0.25) is 0 Å². The van der Waals surface area contributed by atoms with E-state index in [4.69, 9.17) is 4.74 Å². The molecular weight excluding hydrogens is 464 g/mol. The Hall–Kier alpha value is -2.30. The highest BCUT2D eigenvalue weighted by atomic mass is 19.2. The van der Waals surface area contributed by atoms with E-state index in [1.807, 2.05) is 13.0 Å². The Morgan fingerprint density at radius 3 is 2.14 bits per heavy atom. The molecule has 1 fully saturated rings. The van der Waals surface area contributed by atoms with Crippen molar-refractivity contribution in [2.75, 3.05) is 6.61 Å². The summed E-state index contributed by atoms with van der Waals surface area (Å²) in [6.45, 7) is 4.48. The normalized spacial score (nSPS) is 18.2. The van der Waals surface area contributed by atoms with Gasteiger partial charge in [-0.15, -0.1) is 0 Å². The van der Waals surface area contributed by atoms with Crippen molar-refractivity contribution in [2.24, 2.45) is 5.92 Å². The predicted octanol–water partition coefficient (Wildman–Crippen LogP) is 9.62. The summed E-state index contributed by atoms with van der Waals surface area (Å²) in [5, 5.41) is 0. The maximum Gasteiger partial charge on any atom is 0.200 e. The molecule has 2 aromatic rings. The second-order valence-corrected chi connectivity index (χ2v) is 10.0. The number of halogens is 4. The highest BCUT2D eigenvalue weighted by Gasteiger charge is 2.25. The maximum absolute atomic E-state index is 14.8. The summed E-state index contributed by atoms with van der Waals surface area (Å²) in [4.78, 5) is 0. The van der Waals surface area contributed by atoms with Gasteiger partial charge in [0.05, 0.1) is 6.61 Å². The average molecular weight is 505 g/mol. The summed E-state index contributed by atoms with van der Waals surface area (Å²) in [6.07, 6.45) is 13.9. The first-order chi connectivity index (χ1) is 17.5. The molecule has 0 aliphatic heterocycles. The van der Waals surface area contributed by atoms with Crippen molar-refractivity contribution >= 4 is 0 Å². The standard InChI is InChI=1S/C31H40F4O/c1-3-5-7-11-24-17-19-26(30(34)28(24)32)23-15-13-22(14-16-23)10-8-9-12-25-18-20-27(31(35)29(25)33)36-21-6-4-2/h8,10,17-20,22-23H,3-7,9,11-16,21H2,1-2H3. The van der Waals surface area contributed by atoms with Crippen LogP contribution in [0.25, 0.3) is 0 Å². The largest absolute Gasteiger partial charge is 0.490 e. The van der Waals surface area contributed by atoms with Crippen LogP contribution < -0.4 is 4.74 Å². The van der Waals surface area contributed by atoms with Crippen LogP contribution in [0.1, 0.15) is 101 Å². The topological polar surface area (TPSA) is 9.23 Å². The van der Waals surface area contributed by atoms with Crippen molar-refractivity contribution in [2.45, 2.75) is 96.8 Å². The van der Waals surface area contributed by atoms with Crippen LogP contribution in [0.3, 0.4) is 0 Å². The Morgan fingerprint density at radius 2 is 1.42 bits per heavy atom. The lowest BCUT2D eigenvalue weighted by Gasteiger charge is -2.27. The van der Waals surface area contributed by atoms with Crippen molar-refractivity contribution in [1.29, 1.82) is 0 Å². The molecule has 0 saturated heterocycles. The summed E-state index contributed by atoms with van der Waals surface area (Å²) >= 11 is 0. The van der Waals surface area contributed by atoms with Crippen molar-refractivity contribution in [3.05, 3.63) is 76.4 Å². The Morgan fingerprint density at radius 1 is 0.750 bits per heavy atom. The lowest BCUT2D eigenvalue weighted by molar-refractivity contribution is 0.288. The SMILES string of the molecule is CCCCCc1ccc(C2CCC(C=CCCc3ccc(OCCCC)c(F)c3F)CC2)c(F)c1F. The van der Waals surface area contributed by atoms with E-state index in [1.165, 1.54) is 6.07 Å². The second-order valence-electron chi connectivity index (χ2n) is 10.0. The molecule has 0 amide bonds. The molecular formula is C31H40F4O. The van der Waals surface area contributed by atoms with Crippen LogP contribution >= 0.6 is 0 Å². The first-order valence-electron chi connectivity index (χ1n) is 13.7. The van der Waals surface area contributed by atoms with Gasteiger partial charge in [0.2, 0.25) is 5.82 Å². The fourth-order valence-corrected chi connectivity index (χ4v) is 5.03. The molecule has 0 bridgehead atoms. The molecule has 1 saturated carbocycles. The summed E-state index contributed by atoms with van der Waals surface area (Å²) < 4.78 is 63.3. The molecule has 2 aromatic carbocycles. The Kier molecular flexibility index (Phi) is 11.3. The van der Waals surface area contributed by atoms with Crippen molar-refractivity contribution in [1.82, 2.24) is 0 Å². The zero-order chi connectivity index (χ0) is 25.9. The molecule has 36 heavy (non-hydrogen) atoms. The van der Waals surface area contributed by atoms with E-state index in [9.17, 15) is 17.6 Å². The van der Waals surface area contributed by atoms with Crippen LogP contribution in [0.4, 0.5) is 17.6 Å². The quantitative estimate of drug-likeness (QED) is 0.150. The van der Waals surface area contributed by atoms with Crippen LogP contribution in [-0.4, -0.2) is 6.61 Å². The average Bonchev–Trinajstić information content (AvgIpc) is 2.89. The predicted molar refractivity (Wildman–Crippen MR) is 139 cm³/mol. The number of aryl methyl sites for hydroxylation is 2. The number of unbranched alkanes of at least 4 members (excludes halogenated alkanes) is 3. The smallest absolute Gasteiger partial charge is 0.200 e. The maximum atomic E-state index is 14.8. The van der Waals surface area contributed by atoms with Gasteiger partial charge in [0.1, 0.15) is 0 Å². The molecule has 0 N–H and O–H groups in total. The summed E-state index contributed by atoms with van der Waals surface area (Å²) in [5.41, 5.74) is 1.34. The van der Waals surface area contributed by atoms with E-state index in [1.54, 1.807) is 18.2 Å². The van der Waals surface area contributed by atoms with Gasteiger partial charge >= 0.3 is 0 Å². The minimum Gasteiger partial charge on any atom is -0.490 e. The van der Waals surface area contributed by atoms with Gasteiger partial charge in [-0.2, -0.15) is 4.39 Å². The van der Waals surface area contributed by atoms with E-state index in [-0.39, 0.29) is 11.7 Å². The van der Waals surface area contributed by atoms with Crippen LogP contribution in [-0.2, 0) is 12.8 Å². The minimum atomic E-state index is -0.913. The number of benzene rings is 2. The molecule has 3 rings (SSSR count). The minimum absolute atomic E-state index is 0.0283. The van der Waals surface area contributed by atoms with E-state index < -0.39 is 23.3 Å². The molecule has 1 aliphatic rings. The Balaban J connectivity index is 1.47. The van der Waals surface area contributed by atoms with Crippen molar-refractivity contribution in [3.63, 3.8) is 0 Å². The van der Waals surface area contributed by atoms with Gasteiger partial charge in [-0.1, -0.05) is 63.5 Å². The van der Waals surface area contributed by atoms with Crippen molar-refractivity contribution < 1.29 is 22.3 Å². The molecule has 0 atom stereocenters. The van der Waals surface area contributed by atoms with Gasteiger partial charge in [-0.25, -0.2) is 13.2 Å². The number of hydrogen-bond acceptors (Lipinski definition) is 1. The fourth-order valence-electron chi connectivity index (χ4n) is 5.03. The van der Waals surface area contributed by atoms with Crippen LogP contribution in [0.15, 0.2) is 36.4 Å². The third kappa shape index (κ3) is 7.60. The lowest BCUT2D eigenvalue weighted by Crippen LogP contribution is -2.14. The zero-order valence-electron chi connectivity index (χ0n) is 21.7. The molecule has 0 unspecified atom stereocenters. The van der Waals surface area contributed by atoms with E-state index in [2.05, 4.69) is 13.0 Å². The molecule has 1 aliphatic carbocycles. The number of hydrogen-bond donors (Lipinski definition) is 0. The third-order valence-corrected chi connectivity index (χ3v) is 7.32. The monoisotopic (exact) mass is 504 g/mol. The Bertz CT molecular complexity index is 993. The van der Waals surface area contributed by atoms with Gasteiger partial charge in [0.15, 0.2) is 23.2 Å². The molecule has 5 heteroatoms. The molecule has 0 spiro atoms. The van der Waals surface area contributed by atoms with Gasteiger partial charge in [-0.3, -0.25) is 0 Å². The second kappa shape index (κ2) is 14.4. The van der Waals surface area contributed by atoms with Gasteiger partial charge in [0.25, 0.3) is 0 Å². The lowest BCUT2D eigenvalue weighted by atomic mass is 9.78. The third-order valence-electron chi connectivity index (χ3n) is 7.32. The zero-order valence-corrected chi connectivity index (χ0v) is 21.7. The molecule has 0 aromatic heterocycles. The summed E-state index contributed by atoms with van der Waals surface area (Å²) in [5.74, 6) is -2.69. The van der Waals surface area contributed by atoms with Gasteiger partial charge in [-0.05, 0) is 92.4 Å². The Labute approximate surface area is 214 Å². The summed E-state index contributed by atoms with van der Waals surface area (Å²) in [6, 6.07) is 6.66. The number of rotatable bonds is 13. The highest BCUT2D eigenvalue weighted by molar-refractivity contribution is 5.32. The van der Waals surface area contributed by atoms with Crippen molar-refractivity contribution in [3.8, 4) is 5.75 Å². The first-order valence-corrected chi connectivity index (χ1v) is 13.7. The molecule has 0 heterocycles. The first kappa shape index (κ1) is 28.3. The van der Waals surface area contributed by atoms with E-state index >= 15 is 0 Å². The van der Waals surface area contributed by atoms with E-state index in [0.29, 0.717) is 48.5 Å². The van der Waals surface area contributed by atoms with Gasteiger partial charge < -0.3 is 4.74 Å². The molecule has 0 radical (unpaired) electrons. The highest BCUT2D eigenvalue weighted by Crippen LogP contribution is 2.38. The van der Waals surface area contributed by atoms with E-state index in [0.717, 1.165) is 57.8 Å². The van der Waals surface area contributed by atoms with Crippen LogP contribution in [0, 0.1) is 29.2 Å². The number of allylic oxidation sites excluding steroid dienone is 2. The molecule has 1 nitrogen and oxygen atoms in total. The number of ether oxygens (including phenoxy) is 1. The summed E-state index contributed by atoms with van der Waals surface area (Å²) in [7, 11) is 0. The van der Waals surface area contributed by atoms with Crippen LogP contribution in [0.5, 0.6) is 5.75 Å². The molecule has 198 valence electrons. The van der Waals surface area contributed by atoms with Gasteiger partial charge in [0, 0.05) is 0 Å². The fraction of sp³-hybridized carbons (Fsp3) is 0.548.